The summed E-state index contributed by atoms with van der Waals surface area (Å²) >= 11 is 0. The van der Waals surface area contributed by atoms with Crippen molar-refractivity contribution in [3.05, 3.63) is 64.7 Å². The van der Waals surface area contributed by atoms with Crippen LogP contribution < -0.4 is 10.1 Å². The first-order chi connectivity index (χ1) is 17.3. The van der Waals surface area contributed by atoms with Crippen molar-refractivity contribution in [2.75, 3.05) is 19.8 Å². The molecule has 3 heterocycles. The van der Waals surface area contributed by atoms with Crippen LogP contribution in [0, 0.1) is 0 Å². The minimum atomic E-state index is -0.716. The predicted molar refractivity (Wildman–Crippen MR) is 119 cm³/mol. The van der Waals surface area contributed by atoms with E-state index < -0.39 is 11.9 Å². The second kappa shape index (κ2) is 9.26. The number of nitrogens with zero attached hydrogens (tertiary/aromatic N) is 2. The molecule has 34 heavy (non-hydrogen) atoms. The molecule has 9 heteroatoms. The number of benzene rings is 2. The molecule has 2 saturated heterocycles. The van der Waals surface area contributed by atoms with Crippen molar-refractivity contribution in [1.29, 1.82) is 0 Å². The van der Waals surface area contributed by atoms with E-state index in [1.165, 1.54) is 4.90 Å². The van der Waals surface area contributed by atoms with Gasteiger partial charge in [0, 0.05) is 30.6 Å². The molecule has 0 aromatic heterocycles. The molecule has 0 aliphatic carbocycles. The van der Waals surface area contributed by atoms with E-state index in [0.29, 0.717) is 41.2 Å². The van der Waals surface area contributed by atoms with Crippen molar-refractivity contribution in [3.8, 4) is 5.75 Å². The van der Waals surface area contributed by atoms with Crippen LogP contribution in [0.15, 0.2) is 42.4 Å². The molecule has 0 spiro atoms. The molecule has 3 aliphatic heterocycles. The van der Waals surface area contributed by atoms with E-state index in [1.54, 1.807) is 35.2 Å². The number of carbonyl (C=O) groups excluding carboxylic acids is 4. The van der Waals surface area contributed by atoms with E-state index >= 15 is 0 Å². The largest absolute Gasteiger partial charge is 0.489 e. The van der Waals surface area contributed by atoms with Crippen LogP contribution in [-0.4, -0.2) is 59.2 Å². The fourth-order valence-electron chi connectivity index (χ4n) is 4.39. The monoisotopic (exact) mass is 465 g/mol. The number of hydrogen-bond acceptors (Lipinski definition) is 6. The van der Waals surface area contributed by atoms with Crippen molar-refractivity contribution >= 4 is 23.6 Å². The maximum Gasteiger partial charge on any atom is 0.255 e. The van der Waals surface area contributed by atoms with Crippen LogP contribution in [-0.2, 0) is 38.8 Å². The van der Waals surface area contributed by atoms with Crippen molar-refractivity contribution in [3.63, 3.8) is 0 Å². The van der Waals surface area contributed by atoms with Crippen molar-refractivity contribution in [2.24, 2.45) is 0 Å². The molecule has 1 N–H and O–H groups in total. The number of hydrogen-bond donors (Lipinski definition) is 1. The van der Waals surface area contributed by atoms with Gasteiger partial charge in [-0.2, -0.15) is 0 Å². The van der Waals surface area contributed by atoms with Crippen LogP contribution in [0.4, 0.5) is 0 Å². The Morgan fingerprint density at radius 3 is 2.76 bits per heavy atom. The zero-order valence-electron chi connectivity index (χ0n) is 20.5. The van der Waals surface area contributed by atoms with Crippen LogP contribution in [0.3, 0.4) is 0 Å². The van der Waals surface area contributed by atoms with Gasteiger partial charge in [0.15, 0.2) is 0 Å². The Balaban J connectivity index is 1.29. The highest BCUT2D eigenvalue weighted by atomic mass is 16.5. The number of fused-ring (bicyclic) bond motifs is 1. The predicted octanol–water partition coefficient (Wildman–Crippen LogP) is 1.39. The van der Waals surface area contributed by atoms with Gasteiger partial charge in [0.1, 0.15) is 25.0 Å². The molecule has 0 bridgehead atoms. The number of nitrogens with one attached hydrogen (secondary N) is 1. The molecule has 0 saturated carbocycles. The summed E-state index contributed by atoms with van der Waals surface area (Å²) in [7, 11) is 0. The van der Waals surface area contributed by atoms with Gasteiger partial charge in [0.25, 0.3) is 5.91 Å². The van der Waals surface area contributed by atoms with Gasteiger partial charge in [-0.25, -0.2) is 0 Å². The maximum absolute atomic E-state index is 13.0. The number of imide groups is 1. The first kappa shape index (κ1) is 19.7. The van der Waals surface area contributed by atoms with Gasteiger partial charge in [-0.3, -0.25) is 24.5 Å². The number of piperidine rings is 1. The van der Waals surface area contributed by atoms with Crippen LogP contribution in [0.2, 0.25) is 0 Å². The molecule has 2 aromatic carbocycles. The molecular formula is C25H25N3O6. The molecule has 176 valence electrons. The molecule has 2 fully saturated rings. The van der Waals surface area contributed by atoms with Crippen molar-refractivity contribution in [2.45, 2.75) is 38.6 Å². The van der Waals surface area contributed by atoms with Crippen molar-refractivity contribution in [1.82, 2.24) is 15.1 Å². The molecule has 1 unspecified atom stereocenters. The zero-order chi connectivity index (χ0) is 25.4. The highest BCUT2D eigenvalue weighted by molar-refractivity contribution is 6.05. The SMILES string of the molecule is [2H]c1cc(CN2CCOCC2=O)c([2H])cc1COc1cccc2c1CN(C1CCC(=O)NC1=O)C2=O. The fraction of sp³-hybridized carbons (Fsp3) is 0.360. The number of amides is 4. The lowest BCUT2D eigenvalue weighted by atomic mass is 10.0. The van der Waals surface area contributed by atoms with Gasteiger partial charge in [-0.1, -0.05) is 30.3 Å². The van der Waals surface area contributed by atoms with Crippen LogP contribution in [0.25, 0.3) is 0 Å². The average molecular weight is 466 g/mol. The van der Waals surface area contributed by atoms with E-state index in [0.717, 1.165) is 0 Å². The Labute approximate surface area is 199 Å². The highest BCUT2D eigenvalue weighted by Crippen LogP contribution is 2.34. The highest BCUT2D eigenvalue weighted by Gasteiger charge is 2.40. The Bertz CT molecular complexity index is 1270. The molecule has 4 amide bonds. The normalized spacial score (nSPS) is 21.2. The van der Waals surface area contributed by atoms with E-state index in [1.807, 2.05) is 0 Å². The quantitative estimate of drug-likeness (QED) is 0.647. The minimum Gasteiger partial charge on any atom is -0.489 e. The second-order valence-electron chi connectivity index (χ2n) is 8.47. The smallest absolute Gasteiger partial charge is 0.255 e. The van der Waals surface area contributed by atoms with Gasteiger partial charge < -0.3 is 19.3 Å². The summed E-state index contributed by atoms with van der Waals surface area (Å²) in [6.45, 7) is 1.37. The maximum atomic E-state index is 13.0. The zero-order valence-corrected chi connectivity index (χ0v) is 18.5. The summed E-state index contributed by atoms with van der Waals surface area (Å²) < 4.78 is 27.9. The van der Waals surface area contributed by atoms with E-state index in [-0.39, 0.29) is 69.0 Å². The summed E-state index contributed by atoms with van der Waals surface area (Å²) in [5.74, 6) is -0.785. The number of carbonyl (C=O) groups is 4. The first-order valence-electron chi connectivity index (χ1n) is 12.2. The molecule has 3 aliphatic rings. The van der Waals surface area contributed by atoms with Gasteiger partial charge in [-0.05, 0) is 29.7 Å². The third-order valence-corrected chi connectivity index (χ3v) is 6.23. The molecule has 9 nitrogen and oxygen atoms in total. The standard InChI is InChI=1S/C25H25N3O6/c29-22-9-8-20(24(31)26-22)28-13-19-18(25(28)32)2-1-3-21(19)34-14-17-6-4-16(5-7-17)12-27-10-11-33-15-23(27)30/h1-7,20H,8-15H2,(H,26,29,31)/i4D,7D. The topological polar surface area (TPSA) is 105 Å². The van der Waals surface area contributed by atoms with Gasteiger partial charge in [0.2, 0.25) is 17.7 Å². The lowest BCUT2D eigenvalue weighted by Crippen LogP contribution is -2.52. The average Bonchev–Trinajstić information content (AvgIpc) is 3.18. The first-order valence-corrected chi connectivity index (χ1v) is 11.2. The number of rotatable bonds is 6. The molecular weight excluding hydrogens is 438 g/mol. The number of morpholine rings is 1. The minimum absolute atomic E-state index is 0.0184. The summed E-state index contributed by atoms with van der Waals surface area (Å²) in [5.41, 5.74) is 2.16. The summed E-state index contributed by atoms with van der Waals surface area (Å²) in [6.07, 6.45) is 0.453. The second-order valence-corrected chi connectivity index (χ2v) is 8.47. The third kappa shape index (κ3) is 4.38. The van der Waals surface area contributed by atoms with Crippen molar-refractivity contribution < 1.29 is 31.4 Å². The lowest BCUT2D eigenvalue weighted by molar-refractivity contribution is -0.143. The third-order valence-electron chi connectivity index (χ3n) is 6.23. The Morgan fingerprint density at radius 2 is 1.94 bits per heavy atom. The fourth-order valence-corrected chi connectivity index (χ4v) is 4.39. The van der Waals surface area contributed by atoms with Crippen LogP contribution >= 0.6 is 0 Å². The van der Waals surface area contributed by atoms with Gasteiger partial charge in [-0.15, -0.1) is 0 Å². The van der Waals surface area contributed by atoms with E-state index in [2.05, 4.69) is 5.32 Å². The van der Waals surface area contributed by atoms with Crippen LogP contribution in [0.5, 0.6) is 5.75 Å². The van der Waals surface area contributed by atoms with Gasteiger partial charge >= 0.3 is 0 Å². The summed E-state index contributed by atoms with van der Waals surface area (Å²) in [5, 5.41) is 2.29. The van der Waals surface area contributed by atoms with E-state index in [9.17, 15) is 19.2 Å². The molecule has 1 atom stereocenters. The molecule has 5 rings (SSSR count). The van der Waals surface area contributed by atoms with Crippen LogP contribution in [0.1, 0.15) is 42.6 Å². The Hall–Kier alpha value is -3.72. The summed E-state index contributed by atoms with van der Waals surface area (Å²) in [4.78, 5) is 51.9. The summed E-state index contributed by atoms with van der Waals surface area (Å²) in [6, 6.07) is 7.92. The molecule has 0 radical (unpaired) electrons. The molecule has 2 aromatic rings. The number of ether oxygens (including phenoxy) is 2. The lowest BCUT2D eigenvalue weighted by Gasteiger charge is -2.29. The van der Waals surface area contributed by atoms with E-state index in [4.69, 9.17) is 12.2 Å². The Morgan fingerprint density at radius 1 is 1.12 bits per heavy atom. The Kier molecular flexibility index (Phi) is 5.37. The van der Waals surface area contributed by atoms with Gasteiger partial charge in [0.05, 0.1) is 15.9 Å².